The largest absolute Gasteiger partial charge is 0.396 e. The quantitative estimate of drug-likeness (QED) is 0.237. The number of aliphatic hydroxyl groups is 1. The molecular formula is C28H58O2. The van der Waals surface area contributed by atoms with Crippen LogP contribution in [0.25, 0.3) is 0 Å². The predicted octanol–water partition coefficient (Wildman–Crippen LogP) is 8.66. The molecule has 0 fully saturated rings. The molecule has 4 atom stereocenters. The molecule has 0 aromatic rings. The summed E-state index contributed by atoms with van der Waals surface area (Å²) in [7, 11) is 0. The van der Waals surface area contributed by atoms with Gasteiger partial charge in [0.2, 0.25) is 0 Å². The maximum absolute atomic E-state index is 9.11. The van der Waals surface area contributed by atoms with Crippen molar-refractivity contribution in [3.8, 4) is 0 Å². The zero-order valence-electron chi connectivity index (χ0n) is 22.6. The van der Waals surface area contributed by atoms with Crippen LogP contribution in [0.1, 0.15) is 133 Å². The van der Waals surface area contributed by atoms with Crippen LogP contribution in [-0.4, -0.2) is 23.9 Å². The Morgan fingerprint density at radius 3 is 1.80 bits per heavy atom. The summed E-state index contributed by atoms with van der Waals surface area (Å²) in [4.78, 5) is 0. The fourth-order valence-corrected chi connectivity index (χ4v) is 4.63. The lowest BCUT2D eigenvalue weighted by molar-refractivity contribution is -0.120. The molecule has 0 aliphatic rings. The summed E-state index contributed by atoms with van der Waals surface area (Å²) in [5.41, 5.74) is 0.570. The molecule has 0 aliphatic heterocycles. The van der Waals surface area contributed by atoms with Gasteiger partial charge in [-0.1, -0.05) is 94.4 Å². The monoisotopic (exact) mass is 426 g/mol. The number of aliphatic hydroxyl groups excluding tert-OH is 1. The summed E-state index contributed by atoms with van der Waals surface area (Å²) in [5.74, 6) is 2.15. The Kier molecular flexibility index (Phi) is 14.1. The Labute approximate surface area is 191 Å². The molecule has 0 bridgehead atoms. The van der Waals surface area contributed by atoms with Crippen molar-refractivity contribution in [2.24, 2.45) is 28.6 Å². The fourth-order valence-electron chi connectivity index (χ4n) is 4.63. The van der Waals surface area contributed by atoms with Gasteiger partial charge in [0.05, 0.1) is 5.60 Å². The van der Waals surface area contributed by atoms with E-state index in [0.717, 1.165) is 31.3 Å². The average molecular weight is 427 g/mol. The van der Waals surface area contributed by atoms with Gasteiger partial charge in [-0.05, 0) is 67.6 Å². The standard InChI is InChI=1S/C28H58O2/c1-11-25(5)26(6,7)19-13-15-24(4)18-22-30-28(10,12-2)27(8,9)20-14-16-23(3)17-21-29/h23-25,29H,11-22H2,1-10H3. The molecule has 0 aromatic carbocycles. The van der Waals surface area contributed by atoms with Gasteiger partial charge in [0, 0.05) is 13.2 Å². The summed E-state index contributed by atoms with van der Waals surface area (Å²) < 4.78 is 6.58. The van der Waals surface area contributed by atoms with Crippen molar-refractivity contribution >= 4 is 0 Å². The molecule has 2 heteroatoms. The summed E-state index contributed by atoms with van der Waals surface area (Å²) in [6.45, 7) is 24.8. The molecule has 0 heterocycles. The lowest BCUT2D eigenvalue weighted by atomic mass is 9.70. The third-order valence-corrected chi connectivity index (χ3v) is 8.72. The van der Waals surface area contributed by atoms with Crippen LogP contribution in [0.2, 0.25) is 0 Å². The highest BCUT2D eigenvalue weighted by Crippen LogP contribution is 2.41. The van der Waals surface area contributed by atoms with Crippen LogP contribution in [0.5, 0.6) is 0 Å². The van der Waals surface area contributed by atoms with E-state index in [9.17, 15) is 0 Å². The van der Waals surface area contributed by atoms with Gasteiger partial charge in [-0.15, -0.1) is 0 Å². The summed E-state index contributed by atoms with van der Waals surface area (Å²) in [6.07, 6.45) is 12.0. The zero-order chi connectivity index (χ0) is 23.4. The van der Waals surface area contributed by atoms with Gasteiger partial charge in [0.25, 0.3) is 0 Å². The molecule has 1 N–H and O–H groups in total. The Bertz CT molecular complexity index is 428. The van der Waals surface area contributed by atoms with Crippen LogP contribution in [0.4, 0.5) is 0 Å². The number of hydrogen-bond acceptors (Lipinski definition) is 2. The van der Waals surface area contributed by atoms with E-state index in [1.807, 2.05) is 0 Å². The number of ether oxygens (including phenoxy) is 1. The second-order valence-electron chi connectivity index (χ2n) is 11.9. The van der Waals surface area contributed by atoms with Crippen LogP contribution in [0.15, 0.2) is 0 Å². The highest BCUT2D eigenvalue weighted by atomic mass is 16.5. The highest BCUT2D eigenvalue weighted by molar-refractivity contribution is 4.90. The third kappa shape index (κ3) is 10.5. The van der Waals surface area contributed by atoms with Crippen LogP contribution in [0, 0.1) is 28.6 Å². The van der Waals surface area contributed by atoms with Gasteiger partial charge in [-0.2, -0.15) is 0 Å². The van der Waals surface area contributed by atoms with Gasteiger partial charge in [-0.25, -0.2) is 0 Å². The lowest BCUT2D eigenvalue weighted by Crippen LogP contribution is -2.44. The summed E-state index contributed by atoms with van der Waals surface area (Å²) in [6, 6.07) is 0. The van der Waals surface area contributed by atoms with Gasteiger partial charge in [0.1, 0.15) is 0 Å². The van der Waals surface area contributed by atoms with E-state index in [1.165, 1.54) is 51.4 Å². The van der Waals surface area contributed by atoms with Crippen LogP contribution in [0.3, 0.4) is 0 Å². The van der Waals surface area contributed by atoms with Crippen molar-refractivity contribution in [1.82, 2.24) is 0 Å². The van der Waals surface area contributed by atoms with Crippen LogP contribution < -0.4 is 0 Å². The minimum atomic E-state index is -0.0640. The zero-order valence-corrected chi connectivity index (χ0v) is 22.6. The van der Waals surface area contributed by atoms with Crippen molar-refractivity contribution in [3.05, 3.63) is 0 Å². The smallest absolute Gasteiger partial charge is 0.0702 e. The van der Waals surface area contributed by atoms with E-state index in [4.69, 9.17) is 9.84 Å². The molecule has 0 rings (SSSR count). The molecule has 2 nitrogen and oxygen atoms in total. The molecule has 0 saturated carbocycles. The van der Waals surface area contributed by atoms with Gasteiger partial charge >= 0.3 is 0 Å². The molecule has 0 saturated heterocycles. The Balaban J connectivity index is 4.40. The van der Waals surface area contributed by atoms with E-state index in [1.54, 1.807) is 0 Å². The second kappa shape index (κ2) is 14.1. The van der Waals surface area contributed by atoms with Crippen molar-refractivity contribution in [2.75, 3.05) is 13.2 Å². The number of rotatable bonds is 18. The molecule has 0 amide bonds. The molecule has 4 unspecified atom stereocenters. The van der Waals surface area contributed by atoms with Crippen molar-refractivity contribution in [3.63, 3.8) is 0 Å². The molecular weight excluding hydrogens is 368 g/mol. The first kappa shape index (κ1) is 29.9. The lowest BCUT2D eigenvalue weighted by Gasteiger charge is -2.44. The minimum absolute atomic E-state index is 0.0640. The first-order valence-corrected chi connectivity index (χ1v) is 13.1. The van der Waals surface area contributed by atoms with E-state index in [2.05, 4.69) is 69.2 Å². The van der Waals surface area contributed by atoms with Gasteiger partial charge in [-0.3, -0.25) is 0 Å². The van der Waals surface area contributed by atoms with E-state index in [0.29, 0.717) is 17.9 Å². The molecule has 0 aliphatic carbocycles. The minimum Gasteiger partial charge on any atom is -0.396 e. The Morgan fingerprint density at radius 2 is 1.30 bits per heavy atom. The second-order valence-corrected chi connectivity index (χ2v) is 11.9. The average Bonchev–Trinajstić information content (AvgIpc) is 2.66. The molecule has 182 valence electrons. The van der Waals surface area contributed by atoms with Crippen LogP contribution in [-0.2, 0) is 4.74 Å². The van der Waals surface area contributed by atoms with E-state index < -0.39 is 0 Å². The van der Waals surface area contributed by atoms with E-state index in [-0.39, 0.29) is 11.0 Å². The first-order valence-electron chi connectivity index (χ1n) is 13.1. The normalized spacial score (nSPS) is 18.1. The van der Waals surface area contributed by atoms with Crippen molar-refractivity contribution in [2.45, 2.75) is 139 Å². The topological polar surface area (TPSA) is 29.5 Å². The highest BCUT2D eigenvalue weighted by Gasteiger charge is 2.40. The fraction of sp³-hybridized carbons (Fsp3) is 1.00. The van der Waals surface area contributed by atoms with E-state index >= 15 is 0 Å². The van der Waals surface area contributed by atoms with Gasteiger partial charge in [0.15, 0.2) is 0 Å². The molecule has 0 aromatic heterocycles. The van der Waals surface area contributed by atoms with Gasteiger partial charge < -0.3 is 9.84 Å². The summed E-state index contributed by atoms with van der Waals surface area (Å²) >= 11 is 0. The number of hydrogen-bond donors (Lipinski definition) is 1. The Hall–Kier alpha value is -0.0800. The molecule has 0 spiro atoms. The van der Waals surface area contributed by atoms with Crippen molar-refractivity contribution in [1.29, 1.82) is 0 Å². The molecule has 30 heavy (non-hydrogen) atoms. The maximum atomic E-state index is 9.11. The maximum Gasteiger partial charge on any atom is 0.0702 e. The van der Waals surface area contributed by atoms with Crippen LogP contribution >= 0.6 is 0 Å². The SMILES string of the molecule is CCC(C)C(C)(C)CCCC(C)CCOC(C)(CC)C(C)(C)CCCC(C)CCO. The third-order valence-electron chi connectivity index (χ3n) is 8.72. The predicted molar refractivity (Wildman–Crippen MR) is 134 cm³/mol. The van der Waals surface area contributed by atoms with Crippen molar-refractivity contribution < 1.29 is 9.84 Å². The summed E-state index contributed by atoms with van der Waals surface area (Å²) in [5, 5.41) is 9.11. The first-order chi connectivity index (χ1) is 13.8. The molecule has 0 radical (unpaired) electrons. The Morgan fingerprint density at radius 1 is 0.767 bits per heavy atom.